The van der Waals surface area contributed by atoms with Crippen LogP contribution in [-0.2, 0) is 0 Å². The maximum Gasteiger partial charge on any atom is 0.0208 e. The average molecular weight is 201 g/mol. The minimum Gasteiger partial charge on any atom is -0.309 e. The van der Waals surface area contributed by atoms with Crippen LogP contribution in [0.2, 0.25) is 0 Å². The standard InChI is InChI=1S/C14H19N/c1-5-8-10-13(4)11-15-12-14(7-3)9-6-2/h5-10,15H,1-4,11-12H2/b10-8-,14-9+. The van der Waals surface area contributed by atoms with E-state index in [9.17, 15) is 0 Å². The van der Waals surface area contributed by atoms with Gasteiger partial charge in [-0.2, -0.15) is 0 Å². The van der Waals surface area contributed by atoms with E-state index in [2.05, 4.69) is 31.6 Å². The van der Waals surface area contributed by atoms with E-state index >= 15 is 0 Å². The summed E-state index contributed by atoms with van der Waals surface area (Å²) in [5.41, 5.74) is 2.14. The lowest BCUT2D eigenvalue weighted by atomic mass is 10.2. The lowest BCUT2D eigenvalue weighted by Crippen LogP contribution is -2.18. The Kier molecular flexibility index (Phi) is 8.02. The van der Waals surface area contributed by atoms with Crippen molar-refractivity contribution in [2.45, 2.75) is 0 Å². The molecule has 0 aliphatic rings. The van der Waals surface area contributed by atoms with Gasteiger partial charge >= 0.3 is 0 Å². The molecule has 0 unspecified atom stereocenters. The van der Waals surface area contributed by atoms with Gasteiger partial charge in [-0.25, -0.2) is 0 Å². The van der Waals surface area contributed by atoms with Gasteiger partial charge in [0.15, 0.2) is 0 Å². The van der Waals surface area contributed by atoms with Crippen molar-refractivity contribution in [3.63, 3.8) is 0 Å². The summed E-state index contributed by atoms with van der Waals surface area (Å²) >= 11 is 0. The molecule has 0 aliphatic heterocycles. The predicted molar refractivity (Wildman–Crippen MR) is 69.8 cm³/mol. The van der Waals surface area contributed by atoms with Gasteiger partial charge in [0.2, 0.25) is 0 Å². The summed E-state index contributed by atoms with van der Waals surface area (Å²) in [5.74, 6) is 0. The average Bonchev–Trinajstić information content (AvgIpc) is 2.25. The SMILES string of the molecule is C=C/C=C\C(=C)CNC/C(C=C)=C/C=C. The van der Waals surface area contributed by atoms with E-state index < -0.39 is 0 Å². The molecule has 0 atom stereocenters. The summed E-state index contributed by atoms with van der Waals surface area (Å²) in [7, 11) is 0. The van der Waals surface area contributed by atoms with E-state index in [1.807, 2.05) is 24.3 Å². The van der Waals surface area contributed by atoms with Crippen LogP contribution in [0.1, 0.15) is 0 Å². The molecule has 1 N–H and O–H groups in total. The highest BCUT2D eigenvalue weighted by Crippen LogP contribution is 1.95. The van der Waals surface area contributed by atoms with E-state index in [0.717, 1.165) is 24.2 Å². The van der Waals surface area contributed by atoms with Crippen LogP contribution in [0, 0.1) is 0 Å². The van der Waals surface area contributed by atoms with Crippen LogP contribution in [0.3, 0.4) is 0 Å². The highest BCUT2D eigenvalue weighted by molar-refractivity contribution is 5.24. The number of hydrogen-bond donors (Lipinski definition) is 1. The second-order valence-electron chi connectivity index (χ2n) is 3.04. The van der Waals surface area contributed by atoms with Crippen molar-refractivity contribution in [3.8, 4) is 0 Å². The molecule has 0 aromatic carbocycles. The third kappa shape index (κ3) is 7.47. The smallest absolute Gasteiger partial charge is 0.0208 e. The van der Waals surface area contributed by atoms with Crippen molar-refractivity contribution in [2.75, 3.05) is 13.1 Å². The second-order valence-corrected chi connectivity index (χ2v) is 3.04. The Bertz CT molecular complexity index is 292. The lowest BCUT2D eigenvalue weighted by molar-refractivity contribution is 0.811. The molecular weight excluding hydrogens is 182 g/mol. The van der Waals surface area contributed by atoms with Gasteiger partial charge in [0, 0.05) is 13.1 Å². The molecule has 0 aliphatic carbocycles. The molecular formula is C14H19N. The molecule has 0 rings (SSSR count). The van der Waals surface area contributed by atoms with Crippen LogP contribution in [-0.4, -0.2) is 13.1 Å². The minimum atomic E-state index is 0.757. The van der Waals surface area contributed by atoms with Crippen LogP contribution < -0.4 is 5.32 Å². The van der Waals surface area contributed by atoms with Crippen molar-refractivity contribution < 1.29 is 0 Å². The Morgan fingerprint density at radius 3 is 2.33 bits per heavy atom. The fraction of sp³-hybridized carbons (Fsp3) is 0.143. The molecule has 0 spiro atoms. The molecule has 0 saturated heterocycles. The first-order valence-corrected chi connectivity index (χ1v) is 4.86. The molecule has 0 bridgehead atoms. The largest absolute Gasteiger partial charge is 0.309 e. The molecule has 80 valence electrons. The van der Waals surface area contributed by atoms with Gasteiger partial charge in [-0.05, 0) is 11.1 Å². The van der Waals surface area contributed by atoms with Gasteiger partial charge in [-0.3, -0.25) is 0 Å². The number of nitrogens with one attached hydrogen (secondary N) is 1. The zero-order valence-corrected chi connectivity index (χ0v) is 9.21. The third-order valence-corrected chi connectivity index (χ3v) is 1.74. The fourth-order valence-corrected chi connectivity index (χ4v) is 0.981. The van der Waals surface area contributed by atoms with Crippen molar-refractivity contribution in [2.24, 2.45) is 0 Å². The molecule has 0 radical (unpaired) electrons. The van der Waals surface area contributed by atoms with E-state index in [0.29, 0.717) is 0 Å². The Hall–Kier alpha value is -1.60. The predicted octanol–water partition coefficient (Wildman–Crippen LogP) is 3.17. The number of hydrogen-bond acceptors (Lipinski definition) is 1. The summed E-state index contributed by atoms with van der Waals surface area (Å²) < 4.78 is 0. The zero-order chi connectivity index (χ0) is 11.5. The topological polar surface area (TPSA) is 12.0 Å². The van der Waals surface area contributed by atoms with E-state index in [1.54, 1.807) is 12.2 Å². The first kappa shape index (κ1) is 13.4. The van der Waals surface area contributed by atoms with E-state index in [-0.39, 0.29) is 0 Å². The Morgan fingerprint density at radius 2 is 1.80 bits per heavy atom. The molecule has 15 heavy (non-hydrogen) atoms. The highest BCUT2D eigenvalue weighted by atomic mass is 14.8. The fourth-order valence-electron chi connectivity index (χ4n) is 0.981. The first-order valence-electron chi connectivity index (χ1n) is 4.86. The Morgan fingerprint density at radius 1 is 1.07 bits per heavy atom. The van der Waals surface area contributed by atoms with Crippen molar-refractivity contribution in [3.05, 3.63) is 73.9 Å². The monoisotopic (exact) mass is 201 g/mol. The lowest BCUT2D eigenvalue weighted by Gasteiger charge is -2.04. The summed E-state index contributed by atoms with van der Waals surface area (Å²) in [6.07, 6.45) is 11.0. The zero-order valence-electron chi connectivity index (χ0n) is 9.21. The Labute approximate surface area is 92.9 Å². The first-order chi connectivity index (χ1) is 7.24. The number of rotatable bonds is 8. The van der Waals surface area contributed by atoms with Crippen LogP contribution in [0.25, 0.3) is 0 Å². The maximum atomic E-state index is 3.90. The molecule has 0 aromatic heterocycles. The summed E-state index contributed by atoms with van der Waals surface area (Å²) in [4.78, 5) is 0. The van der Waals surface area contributed by atoms with Gasteiger partial charge in [0.1, 0.15) is 0 Å². The van der Waals surface area contributed by atoms with E-state index in [1.165, 1.54) is 0 Å². The van der Waals surface area contributed by atoms with Crippen molar-refractivity contribution >= 4 is 0 Å². The van der Waals surface area contributed by atoms with Gasteiger partial charge in [-0.1, -0.05) is 62.8 Å². The molecule has 0 amide bonds. The maximum absolute atomic E-state index is 3.90. The van der Waals surface area contributed by atoms with Gasteiger partial charge < -0.3 is 5.32 Å². The summed E-state index contributed by atoms with van der Waals surface area (Å²) in [6.45, 7) is 16.4. The molecule has 0 aromatic rings. The van der Waals surface area contributed by atoms with Crippen molar-refractivity contribution in [1.29, 1.82) is 0 Å². The van der Waals surface area contributed by atoms with Crippen LogP contribution in [0.15, 0.2) is 73.9 Å². The molecule has 1 nitrogen and oxygen atoms in total. The summed E-state index contributed by atoms with van der Waals surface area (Å²) in [6, 6.07) is 0. The second kappa shape index (κ2) is 8.97. The van der Waals surface area contributed by atoms with Gasteiger partial charge in [0.25, 0.3) is 0 Å². The Balaban J connectivity index is 3.87. The van der Waals surface area contributed by atoms with Crippen LogP contribution in [0.5, 0.6) is 0 Å². The van der Waals surface area contributed by atoms with Gasteiger partial charge in [-0.15, -0.1) is 0 Å². The van der Waals surface area contributed by atoms with Crippen LogP contribution in [0.4, 0.5) is 0 Å². The van der Waals surface area contributed by atoms with E-state index in [4.69, 9.17) is 0 Å². The minimum absolute atomic E-state index is 0.757. The molecule has 0 fully saturated rings. The number of allylic oxidation sites excluding steroid dienone is 4. The van der Waals surface area contributed by atoms with Crippen molar-refractivity contribution in [1.82, 2.24) is 5.32 Å². The summed E-state index contributed by atoms with van der Waals surface area (Å²) in [5, 5.41) is 3.26. The van der Waals surface area contributed by atoms with Crippen LogP contribution >= 0.6 is 0 Å². The van der Waals surface area contributed by atoms with Gasteiger partial charge in [0.05, 0.1) is 0 Å². The quantitative estimate of drug-likeness (QED) is 0.595. The molecule has 1 heteroatoms. The third-order valence-electron chi connectivity index (χ3n) is 1.74. The molecule has 0 saturated carbocycles. The molecule has 0 heterocycles. The highest BCUT2D eigenvalue weighted by Gasteiger charge is 1.91. The normalized spacial score (nSPS) is 11.3.